The molecule has 0 amide bonds. The maximum Gasteiger partial charge on any atom is 0.162 e. The molecule has 1 aliphatic carbocycles. The predicted octanol–water partition coefficient (Wildman–Crippen LogP) is 2.75. The first-order chi connectivity index (χ1) is 6.72. The fourth-order valence-electron chi connectivity index (χ4n) is 2.06. The van der Waals surface area contributed by atoms with Gasteiger partial charge in [0.25, 0.3) is 0 Å². The van der Waals surface area contributed by atoms with Gasteiger partial charge >= 0.3 is 0 Å². The Morgan fingerprint density at radius 1 is 1.50 bits per heavy atom. The molecule has 0 spiro atoms. The highest BCUT2D eigenvalue weighted by Gasteiger charge is 2.32. The zero-order valence-electron chi connectivity index (χ0n) is 8.80. The maximum absolute atomic E-state index is 11.6. The maximum atomic E-state index is 11.6. The molecule has 1 unspecified atom stereocenters. The third-order valence-corrected chi connectivity index (χ3v) is 3.12. The van der Waals surface area contributed by atoms with Gasteiger partial charge in [0.05, 0.1) is 0 Å². The normalized spacial score (nSPS) is 27.7. The Morgan fingerprint density at radius 2 is 2.29 bits per heavy atom. The van der Waals surface area contributed by atoms with Gasteiger partial charge in [0.1, 0.15) is 11.9 Å². The minimum Gasteiger partial charge on any atom is -0.490 e. The van der Waals surface area contributed by atoms with Crippen molar-refractivity contribution in [2.24, 2.45) is 0 Å². The van der Waals surface area contributed by atoms with Crippen molar-refractivity contribution in [2.75, 3.05) is 0 Å². The van der Waals surface area contributed by atoms with E-state index in [-0.39, 0.29) is 6.10 Å². The summed E-state index contributed by atoms with van der Waals surface area (Å²) in [5.41, 5.74) is 2.19. The molecule has 0 radical (unpaired) electrons. The van der Waals surface area contributed by atoms with Gasteiger partial charge in [-0.05, 0) is 25.8 Å². The van der Waals surface area contributed by atoms with Crippen LogP contribution in [0.3, 0.4) is 0 Å². The fraction of sp³-hybridized carbons (Fsp3) is 0.583. The molecule has 76 valence electrons. The van der Waals surface area contributed by atoms with E-state index in [1.54, 1.807) is 0 Å². The smallest absolute Gasteiger partial charge is 0.162 e. The molecule has 2 rings (SSSR count). The van der Waals surface area contributed by atoms with Crippen LogP contribution >= 0.6 is 0 Å². The molecule has 0 fully saturated rings. The average Bonchev–Trinajstić information content (AvgIpc) is 2.62. The van der Waals surface area contributed by atoms with Gasteiger partial charge in [-0.2, -0.15) is 0 Å². The number of carbonyl (C=O) groups excluding carboxylic acids is 1. The average molecular weight is 192 g/mol. The highest BCUT2D eigenvalue weighted by molar-refractivity contribution is 5.97. The lowest BCUT2D eigenvalue weighted by Gasteiger charge is -2.13. The van der Waals surface area contributed by atoms with E-state index in [2.05, 4.69) is 13.0 Å². The number of hydrogen-bond acceptors (Lipinski definition) is 2. The molecule has 2 heteroatoms. The van der Waals surface area contributed by atoms with Crippen LogP contribution < -0.4 is 0 Å². The van der Waals surface area contributed by atoms with Crippen molar-refractivity contribution in [3.8, 4) is 0 Å². The molecule has 0 aromatic carbocycles. The van der Waals surface area contributed by atoms with Crippen LogP contribution in [-0.4, -0.2) is 11.9 Å². The van der Waals surface area contributed by atoms with Gasteiger partial charge in [-0.3, -0.25) is 4.79 Å². The van der Waals surface area contributed by atoms with Crippen LogP contribution in [0.2, 0.25) is 0 Å². The molecule has 2 aliphatic rings. The molecule has 1 heterocycles. The Hall–Kier alpha value is -1.05. The standard InChI is InChI=1S/C12H16O2/c1-3-8(2)12-7-9-10(13)5-4-6-11(9)14-12/h3,12H,4-7H2,1-2H3/b8-3+. The minimum atomic E-state index is 0.132. The van der Waals surface area contributed by atoms with Crippen LogP contribution in [0.15, 0.2) is 23.0 Å². The predicted molar refractivity (Wildman–Crippen MR) is 54.8 cm³/mol. The summed E-state index contributed by atoms with van der Waals surface area (Å²) in [4.78, 5) is 11.6. The van der Waals surface area contributed by atoms with Crippen molar-refractivity contribution in [2.45, 2.75) is 45.6 Å². The Morgan fingerprint density at radius 3 is 2.93 bits per heavy atom. The third-order valence-electron chi connectivity index (χ3n) is 3.12. The number of ether oxygens (including phenoxy) is 1. The van der Waals surface area contributed by atoms with E-state index < -0.39 is 0 Å². The van der Waals surface area contributed by atoms with Crippen LogP contribution in [0.1, 0.15) is 39.5 Å². The molecule has 0 saturated heterocycles. The summed E-state index contributed by atoms with van der Waals surface area (Å²) in [7, 11) is 0. The first kappa shape index (κ1) is 9.50. The van der Waals surface area contributed by atoms with Crippen molar-refractivity contribution >= 4 is 5.78 Å². The zero-order valence-corrected chi connectivity index (χ0v) is 8.80. The number of rotatable bonds is 1. The summed E-state index contributed by atoms with van der Waals surface area (Å²) < 4.78 is 5.78. The summed E-state index contributed by atoms with van der Waals surface area (Å²) in [6.07, 6.45) is 5.61. The van der Waals surface area contributed by atoms with Gasteiger partial charge in [-0.15, -0.1) is 0 Å². The van der Waals surface area contributed by atoms with Gasteiger partial charge in [0, 0.05) is 24.8 Å². The lowest BCUT2D eigenvalue weighted by molar-refractivity contribution is -0.116. The summed E-state index contributed by atoms with van der Waals surface area (Å²) in [6.45, 7) is 4.07. The lowest BCUT2D eigenvalue weighted by Crippen LogP contribution is -2.09. The zero-order chi connectivity index (χ0) is 10.1. The number of Topliss-reactive ketones (excluding diaryl/α,β-unsaturated/α-hetero) is 1. The molecular formula is C12H16O2. The Kier molecular flexibility index (Phi) is 2.44. The minimum absolute atomic E-state index is 0.132. The van der Waals surface area contributed by atoms with Crippen molar-refractivity contribution in [3.05, 3.63) is 23.0 Å². The quantitative estimate of drug-likeness (QED) is 0.597. The first-order valence-electron chi connectivity index (χ1n) is 5.27. The Balaban J connectivity index is 2.15. The SMILES string of the molecule is C/C=C(\C)C1CC2=C(CCCC2=O)O1. The van der Waals surface area contributed by atoms with Gasteiger partial charge < -0.3 is 4.74 Å². The van der Waals surface area contributed by atoms with E-state index in [1.807, 2.05) is 6.92 Å². The second kappa shape index (κ2) is 3.60. The summed E-state index contributed by atoms with van der Waals surface area (Å²) in [6, 6.07) is 0. The topological polar surface area (TPSA) is 26.3 Å². The van der Waals surface area contributed by atoms with Crippen molar-refractivity contribution in [1.82, 2.24) is 0 Å². The van der Waals surface area contributed by atoms with E-state index in [9.17, 15) is 4.79 Å². The van der Waals surface area contributed by atoms with Crippen LogP contribution in [0.5, 0.6) is 0 Å². The van der Waals surface area contributed by atoms with Crippen molar-refractivity contribution in [3.63, 3.8) is 0 Å². The third kappa shape index (κ3) is 1.49. The molecule has 0 N–H and O–H groups in total. The number of carbonyl (C=O) groups is 1. The summed E-state index contributed by atoms with van der Waals surface area (Å²) in [5.74, 6) is 1.27. The van der Waals surface area contributed by atoms with Gasteiger partial charge in [0.15, 0.2) is 5.78 Å². The van der Waals surface area contributed by atoms with E-state index in [4.69, 9.17) is 4.74 Å². The molecule has 14 heavy (non-hydrogen) atoms. The van der Waals surface area contributed by atoms with Crippen LogP contribution in [0.25, 0.3) is 0 Å². The lowest BCUT2D eigenvalue weighted by atomic mass is 9.93. The molecule has 0 saturated carbocycles. The summed E-state index contributed by atoms with van der Waals surface area (Å²) in [5, 5.41) is 0. The number of allylic oxidation sites excluding steroid dienone is 2. The van der Waals surface area contributed by atoms with E-state index >= 15 is 0 Å². The monoisotopic (exact) mass is 192 g/mol. The highest BCUT2D eigenvalue weighted by Crippen LogP contribution is 2.36. The van der Waals surface area contributed by atoms with Gasteiger partial charge in [-0.25, -0.2) is 0 Å². The molecule has 1 aliphatic heterocycles. The molecule has 2 nitrogen and oxygen atoms in total. The molecule has 0 bridgehead atoms. The van der Waals surface area contributed by atoms with Crippen LogP contribution in [0, 0.1) is 0 Å². The van der Waals surface area contributed by atoms with E-state index in [0.717, 1.165) is 30.6 Å². The number of hydrogen-bond donors (Lipinski definition) is 0. The van der Waals surface area contributed by atoms with Gasteiger partial charge in [-0.1, -0.05) is 6.08 Å². The van der Waals surface area contributed by atoms with Crippen molar-refractivity contribution < 1.29 is 9.53 Å². The Bertz CT molecular complexity index is 323. The van der Waals surface area contributed by atoms with E-state index in [1.165, 1.54) is 5.57 Å². The van der Waals surface area contributed by atoms with E-state index in [0.29, 0.717) is 12.2 Å². The van der Waals surface area contributed by atoms with Crippen molar-refractivity contribution in [1.29, 1.82) is 0 Å². The van der Waals surface area contributed by atoms with Gasteiger partial charge in [0.2, 0.25) is 0 Å². The first-order valence-corrected chi connectivity index (χ1v) is 5.27. The van der Waals surface area contributed by atoms with Crippen LogP contribution in [0.4, 0.5) is 0 Å². The summed E-state index contributed by atoms with van der Waals surface area (Å²) >= 11 is 0. The number of ketones is 1. The Labute approximate surface area is 84.6 Å². The molecule has 0 aromatic rings. The largest absolute Gasteiger partial charge is 0.490 e. The fourth-order valence-corrected chi connectivity index (χ4v) is 2.06. The second-order valence-corrected chi connectivity index (χ2v) is 4.02. The second-order valence-electron chi connectivity index (χ2n) is 4.02. The highest BCUT2D eigenvalue weighted by atomic mass is 16.5. The van der Waals surface area contributed by atoms with Crippen LogP contribution in [-0.2, 0) is 9.53 Å². The molecule has 0 aromatic heterocycles. The molecular weight excluding hydrogens is 176 g/mol. The molecule has 1 atom stereocenters.